The largest absolute Gasteiger partial charge is 0.478 e. The van der Waals surface area contributed by atoms with Crippen molar-refractivity contribution in [1.29, 1.82) is 0 Å². The number of nitrogens with zero attached hydrogens (tertiary/aromatic N) is 1. The fraction of sp³-hybridized carbons (Fsp3) is 0.286. The smallest absolute Gasteiger partial charge is 0.338 e. The molecule has 2 aliphatic rings. The molecule has 0 radical (unpaired) electrons. The van der Waals surface area contributed by atoms with E-state index < -0.39 is 11.8 Å². The van der Waals surface area contributed by atoms with Gasteiger partial charge < -0.3 is 9.84 Å². The number of rotatable bonds is 4. The Morgan fingerprint density at radius 1 is 1.19 bits per heavy atom. The first-order valence-electron chi connectivity index (χ1n) is 8.73. The van der Waals surface area contributed by atoms with Crippen molar-refractivity contribution in [2.24, 2.45) is 0 Å². The number of carbonyl (C=O) groups is 1. The topological polar surface area (TPSA) is 49.8 Å². The van der Waals surface area contributed by atoms with E-state index in [1.807, 2.05) is 18.2 Å². The lowest BCUT2D eigenvalue weighted by atomic mass is 9.89. The molecule has 2 aliphatic heterocycles. The molecule has 0 spiro atoms. The molecule has 2 unspecified atom stereocenters. The fourth-order valence-electron chi connectivity index (χ4n) is 3.80. The average Bonchev–Trinajstić information content (AvgIpc) is 2.62. The summed E-state index contributed by atoms with van der Waals surface area (Å²) >= 11 is 0. The molecule has 1 saturated heterocycles. The number of ether oxygens (including phenoxy) is 1. The van der Waals surface area contributed by atoms with Crippen LogP contribution in [0.2, 0.25) is 0 Å². The maximum absolute atomic E-state index is 14.1. The van der Waals surface area contributed by atoms with Crippen LogP contribution < -0.4 is 0 Å². The van der Waals surface area contributed by atoms with Crippen LogP contribution in [-0.4, -0.2) is 41.3 Å². The van der Waals surface area contributed by atoms with Crippen molar-refractivity contribution in [3.05, 3.63) is 77.1 Å². The molecule has 26 heavy (non-hydrogen) atoms. The van der Waals surface area contributed by atoms with E-state index in [2.05, 4.69) is 23.1 Å². The zero-order valence-electron chi connectivity index (χ0n) is 14.3. The third kappa shape index (κ3) is 3.28. The van der Waals surface area contributed by atoms with Gasteiger partial charge in [-0.25, -0.2) is 9.18 Å². The highest BCUT2D eigenvalue weighted by molar-refractivity contribution is 5.88. The number of carboxylic acids is 1. The van der Waals surface area contributed by atoms with Crippen molar-refractivity contribution in [3.8, 4) is 0 Å². The van der Waals surface area contributed by atoms with E-state index in [1.54, 1.807) is 6.07 Å². The van der Waals surface area contributed by atoms with Crippen LogP contribution in [-0.2, 0) is 11.3 Å². The summed E-state index contributed by atoms with van der Waals surface area (Å²) in [5, 5.41) is 9.00. The van der Waals surface area contributed by atoms with Crippen molar-refractivity contribution in [2.75, 3.05) is 13.2 Å². The van der Waals surface area contributed by atoms with Gasteiger partial charge in [-0.2, -0.15) is 0 Å². The third-order valence-corrected chi connectivity index (χ3v) is 5.12. The van der Waals surface area contributed by atoms with Gasteiger partial charge in [0.15, 0.2) is 0 Å². The summed E-state index contributed by atoms with van der Waals surface area (Å²) in [4.78, 5) is 13.4. The van der Waals surface area contributed by atoms with Crippen LogP contribution >= 0.6 is 0 Å². The first-order valence-corrected chi connectivity index (χ1v) is 8.73. The summed E-state index contributed by atoms with van der Waals surface area (Å²) < 4.78 is 19.8. The van der Waals surface area contributed by atoms with E-state index >= 15 is 0 Å². The standard InChI is InChI=1S/C21H20FNO3/c22-20-10-15(6-7-19(20)21(24)25)16-8-17-12-26-13-18(9-16)23(17)11-14-4-2-1-3-5-14/h1-8,10,17-18H,9,11-13H2,(H,24,25). The lowest BCUT2D eigenvalue weighted by Gasteiger charge is -2.44. The van der Waals surface area contributed by atoms with E-state index in [-0.39, 0.29) is 17.6 Å². The molecule has 134 valence electrons. The van der Waals surface area contributed by atoms with Gasteiger partial charge in [0.1, 0.15) is 5.82 Å². The highest BCUT2D eigenvalue weighted by atomic mass is 19.1. The lowest BCUT2D eigenvalue weighted by molar-refractivity contribution is -0.0402. The highest BCUT2D eigenvalue weighted by Crippen LogP contribution is 2.34. The van der Waals surface area contributed by atoms with E-state index in [9.17, 15) is 9.18 Å². The molecule has 0 amide bonds. The Balaban J connectivity index is 1.60. The Labute approximate surface area is 151 Å². The normalized spacial score (nSPS) is 22.7. The molecule has 0 aromatic heterocycles. The molecule has 4 nitrogen and oxygen atoms in total. The van der Waals surface area contributed by atoms with E-state index in [0.29, 0.717) is 13.2 Å². The Morgan fingerprint density at radius 2 is 2.00 bits per heavy atom. The monoisotopic (exact) mass is 353 g/mol. The minimum atomic E-state index is -1.24. The quantitative estimate of drug-likeness (QED) is 0.913. The van der Waals surface area contributed by atoms with Crippen LogP contribution in [0.4, 0.5) is 4.39 Å². The second-order valence-electron chi connectivity index (χ2n) is 6.81. The van der Waals surface area contributed by atoms with Gasteiger partial charge in [0.2, 0.25) is 0 Å². The predicted octanol–water partition coefficient (Wildman–Crippen LogP) is 3.58. The maximum Gasteiger partial charge on any atom is 0.338 e. The highest BCUT2D eigenvalue weighted by Gasteiger charge is 2.35. The average molecular weight is 353 g/mol. The van der Waals surface area contributed by atoms with E-state index in [4.69, 9.17) is 9.84 Å². The minimum absolute atomic E-state index is 0.139. The number of carboxylic acid groups (broad SMARTS) is 1. The van der Waals surface area contributed by atoms with E-state index in [1.165, 1.54) is 17.7 Å². The van der Waals surface area contributed by atoms with Gasteiger partial charge in [-0.15, -0.1) is 0 Å². The third-order valence-electron chi connectivity index (χ3n) is 5.12. The molecule has 4 rings (SSSR count). The Bertz CT molecular complexity index is 850. The number of halogens is 1. The lowest BCUT2D eigenvalue weighted by Crippen LogP contribution is -2.53. The van der Waals surface area contributed by atoms with E-state index in [0.717, 1.165) is 24.1 Å². The van der Waals surface area contributed by atoms with Crippen LogP contribution in [0.5, 0.6) is 0 Å². The van der Waals surface area contributed by atoms with Crippen LogP contribution in [0.3, 0.4) is 0 Å². The summed E-state index contributed by atoms with van der Waals surface area (Å²) in [5.41, 5.74) is 2.78. The summed E-state index contributed by atoms with van der Waals surface area (Å²) in [6.07, 6.45) is 2.89. The SMILES string of the molecule is O=C(O)c1ccc(C2=CC3COCC(C2)N3Cc2ccccc2)cc1F. The number of morpholine rings is 1. The van der Waals surface area contributed by atoms with Gasteiger partial charge in [-0.3, -0.25) is 4.90 Å². The number of hydrogen-bond acceptors (Lipinski definition) is 3. The number of hydrogen-bond donors (Lipinski definition) is 1. The van der Waals surface area contributed by atoms with Crippen molar-refractivity contribution in [2.45, 2.75) is 25.0 Å². The molecule has 2 heterocycles. The summed E-state index contributed by atoms with van der Waals surface area (Å²) in [7, 11) is 0. The first-order chi connectivity index (χ1) is 12.6. The zero-order valence-corrected chi connectivity index (χ0v) is 14.3. The van der Waals surface area contributed by atoms with Crippen LogP contribution in [0, 0.1) is 5.82 Å². The summed E-state index contributed by atoms with van der Waals surface area (Å²) in [6.45, 7) is 2.12. The molecule has 2 bridgehead atoms. The molecule has 2 atom stereocenters. The molecule has 1 fully saturated rings. The van der Waals surface area contributed by atoms with Gasteiger partial charge in [0.05, 0.1) is 24.8 Å². The molecular weight excluding hydrogens is 333 g/mol. The van der Waals surface area contributed by atoms with Crippen molar-refractivity contribution in [1.82, 2.24) is 4.90 Å². The van der Waals surface area contributed by atoms with Gasteiger partial charge in [-0.05, 0) is 35.3 Å². The number of fused-ring (bicyclic) bond motifs is 2. The minimum Gasteiger partial charge on any atom is -0.478 e. The Morgan fingerprint density at radius 3 is 2.69 bits per heavy atom. The fourth-order valence-corrected chi connectivity index (χ4v) is 3.80. The molecule has 0 aliphatic carbocycles. The van der Waals surface area contributed by atoms with Crippen molar-refractivity contribution < 1.29 is 19.0 Å². The second-order valence-corrected chi connectivity index (χ2v) is 6.81. The van der Waals surface area contributed by atoms with Crippen LogP contribution in [0.25, 0.3) is 5.57 Å². The Kier molecular flexibility index (Phi) is 4.57. The first kappa shape index (κ1) is 16.9. The summed E-state index contributed by atoms with van der Waals surface area (Å²) in [5.74, 6) is -1.94. The van der Waals surface area contributed by atoms with Crippen molar-refractivity contribution in [3.63, 3.8) is 0 Å². The van der Waals surface area contributed by atoms with Gasteiger partial charge in [0, 0.05) is 12.6 Å². The van der Waals surface area contributed by atoms with Gasteiger partial charge >= 0.3 is 5.97 Å². The van der Waals surface area contributed by atoms with Gasteiger partial charge in [0.25, 0.3) is 0 Å². The molecule has 2 aromatic carbocycles. The maximum atomic E-state index is 14.1. The van der Waals surface area contributed by atoms with Crippen LogP contribution in [0.15, 0.2) is 54.6 Å². The molecule has 1 N–H and O–H groups in total. The number of aromatic carboxylic acids is 1. The molecular formula is C21H20FNO3. The van der Waals surface area contributed by atoms with Gasteiger partial charge in [-0.1, -0.05) is 42.5 Å². The molecule has 2 aromatic rings. The van der Waals surface area contributed by atoms with Crippen molar-refractivity contribution >= 4 is 11.5 Å². The summed E-state index contributed by atoms with van der Waals surface area (Å²) in [6, 6.07) is 15.1. The zero-order chi connectivity index (χ0) is 18.1. The Hall–Kier alpha value is -2.50. The number of benzene rings is 2. The molecule has 0 saturated carbocycles. The molecule has 5 heteroatoms. The second kappa shape index (κ2) is 7.02. The predicted molar refractivity (Wildman–Crippen MR) is 96.3 cm³/mol. The van der Waals surface area contributed by atoms with Crippen LogP contribution in [0.1, 0.15) is 27.9 Å².